The maximum Gasteiger partial charge on any atom is 0.222 e. The molecule has 0 saturated carbocycles. The van der Waals surface area contributed by atoms with E-state index in [0.29, 0.717) is 19.5 Å². The summed E-state index contributed by atoms with van der Waals surface area (Å²) in [6.45, 7) is 3.08. The Hall–Kier alpha value is -2.82. The first-order valence-electron chi connectivity index (χ1n) is 9.47. The molecule has 3 rings (SSSR count). The van der Waals surface area contributed by atoms with Crippen LogP contribution in [0.25, 0.3) is 0 Å². The summed E-state index contributed by atoms with van der Waals surface area (Å²) >= 11 is 0. The lowest BCUT2D eigenvalue weighted by Crippen LogP contribution is -2.38. The number of nitrogens with zero attached hydrogens (tertiary/aromatic N) is 3. The fraction of sp³-hybridized carbons (Fsp3) is 0.364. The molecule has 0 spiro atoms. The topological polar surface area (TPSA) is 47.9 Å². The van der Waals surface area contributed by atoms with Gasteiger partial charge in [0.1, 0.15) is 0 Å². The van der Waals surface area contributed by atoms with Crippen LogP contribution in [0.2, 0.25) is 0 Å². The largest absolute Gasteiger partial charge is 0.352 e. The van der Waals surface area contributed by atoms with E-state index in [4.69, 9.17) is 0 Å². The number of aliphatic imine (C=N–C) groups is 1. The zero-order valence-electron chi connectivity index (χ0n) is 16.2. The van der Waals surface area contributed by atoms with Gasteiger partial charge in [-0.3, -0.25) is 9.79 Å². The van der Waals surface area contributed by atoms with Crippen molar-refractivity contribution < 1.29 is 4.79 Å². The normalized spacial score (nSPS) is 14.5. The molecule has 1 N–H and O–H groups in total. The highest BCUT2D eigenvalue weighted by Gasteiger charge is 2.19. The van der Waals surface area contributed by atoms with Gasteiger partial charge in [-0.05, 0) is 23.1 Å². The minimum absolute atomic E-state index is 0.265. The van der Waals surface area contributed by atoms with Crippen molar-refractivity contribution in [3.63, 3.8) is 0 Å². The average molecular weight is 364 g/mol. The lowest BCUT2D eigenvalue weighted by molar-refractivity contribution is -0.128. The van der Waals surface area contributed by atoms with Crippen molar-refractivity contribution in [1.82, 2.24) is 15.1 Å². The molecule has 1 fully saturated rings. The van der Waals surface area contributed by atoms with Crippen molar-refractivity contribution in [2.45, 2.75) is 32.5 Å². The summed E-state index contributed by atoms with van der Waals surface area (Å²) in [5, 5.41) is 3.43. The van der Waals surface area contributed by atoms with Gasteiger partial charge in [-0.2, -0.15) is 0 Å². The summed E-state index contributed by atoms with van der Waals surface area (Å²) in [6, 6.07) is 18.8. The fourth-order valence-electron chi connectivity index (χ4n) is 3.43. The number of benzene rings is 2. The van der Waals surface area contributed by atoms with Crippen molar-refractivity contribution in [2.75, 3.05) is 20.6 Å². The second kappa shape index (κ2) is 9.21. The maximum atomic E-state index is 11.8. The molecule has 0 unspecified atom stereocenters. The van der Waals surface area contributed by atoms with Gasteiger partial charge in [0.25, 0.3) is 0 Å². The molecule has 0 aliphatic carbocycles. The number of carbonyl (C=O) groups is 1. The maximum absolute atomic E-state index is 11.8. The van der Waals surface area contributed by atoms with Crippen molar-refractivity contribution in [3.05, 3.63) is 71.3 Å². The van der Waals surface area contributed by atoms with Crippen molar-refractivity contribution >= 4 is 11.9 Å². The summed E-state index contributed by atoms with van der Waals surface area (Å²) in [7, 11) is 3.84. The Morgan fingerprint density at radius 1 is 1.11 bits per heavy atom. The molecular formula is C22H28N4O. The fourth-order valence-corrected chi connectivity index (χ4v) is 3.43. The first kappa shape index (κ1) is 19.0. The van der Waals surface area contributed by atoms with Crippen LogP contribution >= 0.6 is 0 Å². The Kier molecular flexibility index (Phi) is 6.47. The van der Waals surface area contributed by atoms with Gasteiger partial charge in [-0.15, -0.1) is 0 Å². The molecule has 0 atom stereocenters. The van der Waals surface area contributed by atoms with Gasteiger partial charge in [-0.25, -0.2) is 0 Å². The van der Waals surface area contributed by atoms with Crippen LogP contribution in [0.1, 0.15) is 29.5 Å². The van der Waals surface area contributed by atoms with Gasteiger partial charge in [0, 0.05) is 46.7 Å². The third-order valence-corrected chi connectivity index (χ3v) is 4.82. The third-order valence-electron chi connectivity index (χ3n) is 4.82. The number of guanidine groups is 1. The van der Waals surface area contributed by atoms with Gasteiger partial charge in [0.2, 0.25) is 5.91 Å². The number of hydrogen-bond donors (Lipinski definition) is 1. The summed E-state index contributed by atoms with van der Waals surface area (Å²) < 4.78 is 0. The van der Waals surface area contributed by atoms with Crippen LogP contribution in [-0.4, -0.2) is 42.3 Å². The Balaban J connectivity index is 1.56. The summed E-state index contributed by atoms with van der Waals surface area (Å²) in [6.07, 6.45) is 1.66. The molecule has 2 aromatic carbocycles. The molecule has 1 saturated heterocycles. The lowest BCUT2D eigenvalue weighted by atomic mass is 10.1. The SMILES string of the molecule is CN=C(NCc1cccc(CN2CCCC2=O)c1)N(C)Cc1ccccc1. The minimum Gasteiger partial charge on any atom is -0.352 e. The number of likely N-dealkylation sites (tertiary alicyclic amines) is 1. The molecule has 27 heavy (non-hydrogen) atoms. The van der Waals surface area contributed by atoms with Gasteiger partial charge >= 0.3 is 0 Å². The zero-order chi connectivity index (χ0) is 19.1. The highest BCUT2D eigenvalue weighted by molar-refractivity contribution is 5.79. The minimum atomic E-state index is 0.265. The van der Waals surface area contributed by atoms with E-state index in [-0.39, 0.29) is 5.91 Å². The van der Waals surface area contributed by atoms with Crippen LogP contribution in [0.5, 0.6) is 0 Å². The Morgan fingerprint density at radius 3 is 2.56 bits per heavy atom. The molecule has 142 valence electrons. The van der Waals surface area contributed by atoms with E-state index >= 15 is 0 Å². The van der Waals surface area contributed by atoms with E-state index in [1.807, 2.05) is 18.0 Å². The molecule has 1 aliphatic rings. The number of carbonyl (C=O) groups excluding carboxylic acids is 1. The standard InChI is InChI=1S/C22H28N4O/c1-23-22(25(2)16-18-8-4-3-5-9-18)24-15-19-10-6-11-20(14-19)17-26-13-7-12-21(26)27/h3-6,8-11,14H,7,12-13,15-17H2,1-2H3,(H,23,24). The van der Waals surface area contributed by atoms with E-state index < -0.39 is 0 Å². The second-order valence-corrected chi connectivity index (χ2v) is 6.98. The second-order valence-electron chi connectivity index (χ2n) is 6.98. The molecule has 5 heteroatoms. The first-order valence-corrected chi connectivity index (χ1v) is 9.47. The molecular weight excluding hydrogens is 336 g/mol. The molecule has 0 aromatic heterocycles. The zero-order valence-corrected chi connectivity index (χ0v) is 16.2. The van der Waals surface area contributed by atoms with E-state index in [0.717, 1.165) is 25.5 Å². The Morgan fingerprint density at radius 2 is 1.85 bits per heavy atom. The number of nitrogens with one attached hydrogen (secondary N) is 1. The monoisotopic (exact) mass is 364 g/mol. The predicted octanol–water partition coefficient (Wildman–Crippen LogP) is 3.02. The smallest absolute Gasteiger partial charge is 0.222 e. The number of hydrogen-bond acceptors (Lipinski definition) is 2. The van der Waals surface area contributed by atoms with E-state index in [1.165, 1.54) is 16.7 Å². The first-order chi connectivity index (χ1) is 13.2. The van der Waals surface area contributed by atoms with Gasteiger partial charge < -0.3 is 15.1 Å². The van der Waals surface area contributed by atoms with Crippen LogP contribution < -0.4 is 5.32 Å². The summed E-state index contributed by atoms with van der Waals surface area (Å²) in [5.41, 5.74) is 3.62. The van der Waals surface area contributed by atoms with Crippen LogP contribution in [-0.2, 0) is 24.4 Å². The average Bonchev–Trinajstić information content (AvgIpc) is 3.08. The van der Waals surface area contributed by atoms with Crippen LogP contribution in [0.3, 0.4) is 0 Å². The van der Waals surface area contributed by atoms with Crippen molar-refractivity contribution in [1.29, 1.82) is 0 Å². The highest BCUT2D eigenvalue weighted by atomic mass is 16.2. The van der Waals surface area contributed by atoms with Gasteiger partial charge in [0.05, 0.1) is 0 Å². The van der Waals surface area contributed by atoms with Crippen LogP contribution in [0.15, 0.2) is 59.6 Å². The number of rotatable bonds is 6. The summed E-state index contributed by atoms with van der Waals surface area (Å²) in [5.74, 6) is 1.13. The van der Waals surface area contributed by atoms with Crippen molar-refractivity contribution in [2.24, 2.45) is 4.99 Å². The van der Waals surface area contributed by atoms with E-state index in [1.54, 1.807) is 7.05 Å². The van der Waals surface area contributed by atoms with Crippen molar-refractivity contribution in [3.8, 4) is 0 Å². The lowest BCUT2D eigenvalue weighted by Gasteiger charge is -2.22. The highest BCUT2D eigenvalue weighted by Crippen LogP contribution is 2.15. The molecule has 0 radical (unpaired) electrons. The molecule has 2 aromatic rings. The number of amides is 1. The predicted molar refractivity (Wildman–Crippen MR) is 109 cm³/mol. The Labute approximate surface area is 161 Å². The Bertz CT molecular complexity index is 788. The van der Waals surface area contributed by atoms with Crippen LogP contribution in [0.4, 0.5) is 0 Å². The van der Waals surface area contributed by atoms with Gasteiger partial charge in [0.15, 0.2) is 5.96 Å². The van der Waals surface area contributed by atoms with Crippen LogP contribution in [0, 0.1) is 0 Å². The molecule has 1 heterocycles. The van der Waals surface area contributed by atoms with E-state index in [9.17, 15) is 4.79 Å². The molecule has 5 nitrogen and oxygen atoms in total. The molecule has 1 aliphatic heterocycles. The molecule has 1 amide bonds. The van der Waals surface area contributed by atoms with E-state index in [2.05, 4.69) is 63.7 Å². The quantitative estimate of drug-likeness (QED) is 0.633. The van der Waals surface area contributed by atoms with Gasteiger partial charge in [-0.1, -0.05) is 54.6 Å². The summed E-state index contributed by atoms with van der Waals surface area (Å²) in [4.78, 5) is 20.3. The molecule has 0 bridgehead atoms. The third kappa shape index (κ3) is 5.33.